The number of aromatic nitrogens is 1. The van der Waals surface area contributed by atoms with Crippen molar-refractivity contribution < 1.29 is 35.9 Å². The summed E-state index contributed by atoms with van der Waals surface area (Å²) < 4.78 is 83.8. The summed E-state index contributed by atoms with van der Waals surface area (Å²) in [6, 6.07) is 11.1. The van der Waals surface area contributed by atoms with Gasteiger partial charge in [-0.15, -0.1) is 0 Å². The molecule has 0 radical (unpaired) electrons. The number of alkyl halides is 6. The molecule has 3 rings (SSSR count). The van der Waals surface area contributed by atoms with Crippen LogP contribution in [0.15, 0.2) is 65.9 Å². The summed E-state index contributed by atoms with van der Waals surface area (Å²) in [5, 5.41) is 4.37. The Morgan fingerprint density at radius 3 is 2.24 bits per heavy atom. The van der Waals surface area contributed by atoms with Crippen LogP contribution in [-0.2, 0) is 23.8 Å². The van der Waals surface area contributed by atoms with Crippen LogP contribution in [-0.4, -0.2) is 10.7 Å². The minimum absolute atomic E-state index is 0.0406. The lowest BCUT2D eigenvalue weighted by atomic mass is 10.1. The van der Waals surface area contributed by atoms with E-state index in [4.69, 9.17) is 21.2 Å². The Kier molecular flexibility index (Phi) is 7.16. The van der Waals surface area contributed by atoms with Crippen LogP contribution in [0.1, 0.15) is 29.3 Å². The minimum Gasteiger partial charge on any atom is -0.455 e. The molecule has 0 aliphatic rings. The molecular weight excluding hydrogens is 474 g/mol. The molecule has 1 heterocycles. The van der Waals surface area contributed by atoms with Gasteiger partial charge in [-0.2, -0.15) is 26.3 Å². The molecule has 0 bridgehead atoms. The normalized spacial score (nSPS) is 12.5. The van der Waals surface area contributed by atoms with Gasteiger partial charge in [-0.05, 0) is 48.9 Å². The van der Waals surface area contributed by atoms with E-state index >= 15 is 0 Å². The first kappa shape index (κ1) is 24.4. The van der Waals surface area contributed by atoms with E-state index in [0.717, 1.165) is 17.7 Å². The molecule has 0 aliphatic carbocycles. The van der Waals surface area contributed by atoms with Crippen LogP contribution in [0.2, 0.25) is 5.02 Å². The summed E-state index contributed by atoms with van der Waals surface area (Å²) in [6.45, 7) is 1.45. The van der Waals surface area contributed by atoms with Crippen molar-refractivity contribution in [3.05, 3.63) is 88.2 Å². The van der Waals surface area contributed by atoms with Gasteiger partial charge in [0.2, 0.25) is 0 Å². The lowest BCUT2D eigenvalue weighted by Crippen LogP contribution is -2.10. The van der Waals surface area contributed by atoms with Crippen molar-refractivity contribution in [3.63, 3.8) is 0 Å². The van der Waals surface area contributed by atoms with Gasteiger partial charge in [0.25, 0.3) is 0 Å². The third-order valence-corrected chi connectivity index (χ3v) is 4.51. The molecule has 0 aliphatic heterocycles. The number of pyridine rings is 1. The third-order valence-electron chi connectivity index (χ3n) is 4.26. The van der Waals surface area contributed by atoms with Crippen molar-refractivity contribution in [2.24, 2.45) is 5.16 Å². The zero-order chi connectivity index (χ0) is 24.2. The van der Waals surface area contributed by atoms with E-state index in [9.17, 15) is 26.3 Å². The number of benzene rings is 2. The predicted octanol–water partition coefficient (Wildman–Crippen LogP) is 7.51. The molecule has 174 valence electrons. The van der Waals surface area contributed by atoms with Crippen LogP contribution < -0.4 is 4.74 Å². The molecule has 0 spiro atoms. The van der Waals surface area contributed by atoms with E-state index in [1.807, 2.05) is 0 Å². The first-order valence-corrected chi connectivity index (χ1v) is 9.65. The summed E-state index contributed by atoms with van der Waals surface area (Å²) in [5.74, 6) is -0.748. The summed E-state index contributed by atoms with van der Waals surface area (Å²) in [5.41, 5.74) is -1.49. The van der Waals surface area contributed by atoms with E-state index in [1.54, 1.807) is 24.3 Å². The molecule has 0 fully saturated rings. The molecule has 2 aromatic carbocycles. The van der Waals surface area contributed by atoms with Crippen LogP contribution in [0.4, 0.5) is 26.3 Å². The zero-order valence-corrected chi connectivity index (χ0v) is 17.6. The first-order chi connectivity index (χ1) is 15.4. The fourth-order valence-electron chi connectivity index (χ4n) is 2.64. The van der Waals surface area contributed by atoms with Crippen LogP contribution in [0, 0.1) is 0 Å². The topological polar surface area (TPSA) is 43.7 Å². The lowest BCUT2D eigenvalue weighted by molar-refractivity contribution is -0.138. The quantitative estimate of drug-likeness (QED) is 0.205. The number of halogens is 7. The first-order valence-electron chi connectivity index (χ1n) is 9.27. The molecule has 4 nitrogen and oxygen atoms in total. The summed E-state index contributed by atoms with van der Waals surface area (Å²) in [6.07, 6.45) is -8.82. The van der Waals surface area contributed by atoms with E-state index in [1.165, 1.54) is 13.0 Å². The van der Waals surface area contributed by atoms with E-state index in [-0.39, 0.29) is 23.8 Å². The predicted molar refractivity (Wildman–Crippen MR) is 109 cm³/mol. The van der Waals surface area contributed by atoms with Gasteiger partial charge in [-0.3, -0.25) is 4.98 Å². The lowest BCUT2D eigenvalue weighted by Gasteiger charge is -2.14. The molecule has 33 heavy (non-hydrogen) atoms. The zero-order valence-electron chi connectivity index (χ0n) is 16.8. The maximum atomic E-state index is 13.2. The second-order valence-corrected chi connectivity index (χ2v) is 7.21. The van der Waals surface area contributed by atoms with Crippen LogP contribution >= 0.6 is 11.6 Å². The summed E-state index contributed by atoms with van der Waals surface area (Å²) in [4.78, 5) is 8.97. The highest BCUT2D eigenvalue weighted by Crippen LogP contribution is 2.36. The van der Waals surface area contributed by atoms with Crippen LogP contribution in [0.3, 0.4) is 0 Å². The molecule has 0 unspecified atom stereocenters. The molecule has 3 aromatic rings. The van der Waals surface area contributed by atoms with Gasteiger partial charge >= 0.3 is 12.4 Å². The number of rotatable bonds is 6. The van der Waals surface area contributed by atoms with Crippen molar-refractivity contribution in [1.82, 2.24) is 4.98 Å². The smallest absolute Gasteiger partial charge is 0.418 e. The van der Waals surface area contributed by atoms with Crippen molar-refractivity contribution in [2.45, 2.75) is 25.9 Å². The fourth-order valence-corrected chi connectivity index (χ4v) is 2.77. The van der Waals surface area contributed by atoms with Crippen LogP contribution in [0.25, 0.3) is 0 Å². The Morgan fingerprint density at radius 2 is 1.61 bits per heavy atom. The Hall–Kier alpha value is -3.27. The summed E-state index contributed by atoms with van der Waals surface area (Å²) >= 11 is 5.81. The fraction of sp³-hybridized carbons (Fsp3) is 0.182. The molecule has 11 heteroatoms. The van der Waals surface area contributed by atoms with Crippen molar-refractivity contribution >= 4 is 17.3 Å². The molecule has 0 N–H and O–H groups in total. The maximum absolute atomic E-state index is 13.2. The summed E-state index contributed by atoms with van der Waals surface area (Å²) in [7, 11) is 0. The Labute approximate surface area is 189 Å². The van der Waals surface area contributed by atoms with Gasteiger partial charge < -0.3 is 9.57 Å². The number of ether oxygens (including phenoxy) is 1. The molecule has 0 atom stereocenters. The maximum Gasteiger partial charge on any atom is 0.418 e. The standard InChI is InChI=1S/C22H15ClF6N2O2/c1-13(31-32-12-14-5-7-17(23)8-6-14)20-19(10-16(11-30-20)22(27,28)29)33-18-4-2-3-15(9-18)21(24,25)26/h2-11H,12H2,1H3/b31-13-. The van der Waals surface area contributed by atoms with Gasteiger partial charge in [0.15, 0.2) is 5.75 Å². The number of nitrogens with zero attached hydrogens (tertiary/aromatic N) is 2. The van der Waals surface area contributed by atoms with Gasteiger partial charge in [-0.25, -0.2) is 0 Å². The number of hydrogen-bond donors (Lipinski definition) is 0. The Morgan fingerprint density at radius 1 is 0.939 bits per heavy atom. The van der Waals surface area contributed by atoms with E-state index < -0.39 is 29.2 Å². The van der Waals surface area contributed by atoms with Gasteiger partial charge in [0, 0.05) is 11.2 Å². The monoisotopic (exact) mass is 488 g/mol. The highest BCUT2D eigenvalue weighted by molar-refractivity contribution is 6.30. The highest BCUT2D eigenvalue weighted by atomic mass is 35.5. The number of hydrogen-bond acceptors (Lipinski definition) is 4. The van der Waals surface area contributed by atoms with Gasteiger partial charge in [0.1, 0.15) is 23.8 Å². The Balaban J connectivity index is 1.90. The highest BCUT2D eigenvalue weighted by Gasteiger charge is 2.33. The largest absolute Gasteiger partial charge is 0.455 e. The third kappa shape index (κ3) is 6.61. The van der Waals surface area contributed by atoms with Gasteiger partial charge in [0.05, 0.1) is 11.1 Å². The van der Waals surface area contributed by atoms with Crippen LogP contribution in [0.5, 0.6) is 11.5 Å². The van der Waals surface area contributed by atoms with E-state index in [0.29, 0.717) is 23.4 Å². The molecule has 0 saturated heterocycles. The van der Waals surface area contributed by atoms with E-state index in [2.05, 4.69) is 10.1 Å². The van der Waals surface area contributed by atoms with Gasteiger partial charge in [-0.1, -0.05) is 35.0 Å². The van der Waals surface area contributed by atoms with Crippen molar-refractivity contribution in [3.8, 4) is 11.5 Å². The van der Waals surface area contributed by atoms with Crippen molar-refractivity contribution in [1.29, 1.82) is 0 Å². The average molecular weight is 489 g/mol. The second kappa shape index (κ2) is 9.70. The molecule has 0 saturated carbocycles. The number of oxime groups is 1. The SMILES string of the molecule is C/C(=N/OCc1ccc(Cl)cc1)c1ncc(C(F)(F)F)cc1Oc1cccc(C(F)(F)F)c1. The van der Waals surface area contributed by atoms with Crippen molar-refractivity contribution in [2.75, 3.05) is 0 Å². The average Bonchev–Trinajstić information content (AvgIpc) is 2.74. The molecule has 0 amide bonds. The molecule has 1 aromatic heterocycles. The Bertz CT molecular complexity index is 1140. The minimum atomic E-state index is -4.74. The second-order valence-electron chi connectivity index (χ2n) is 6.77. The molecular formula is C22H15ClF6N2O2.